The summed E-state index contributed by atoms with van der Waals surface area (Å²) in [7, 11) is 1.52. The molecule has 0 amide bonds. The summed E-state index contributed by atoms with van der Waals surface area (Å²) in [6, 6.07) is 1.67. The van der Waals surface area contributed by atoms with Crippen molar-refractivity contribution in [3.8, 4) is 5.88 Å². The molecule has 0 aliphatic heterocycles. The van der Waals surface area contributed by atoms with E-state index < -0.39 is 5.69 Å². The van der Waals surface area contributed by atoms with Crippen LogP contribution < -0.4 is 4.74 Å². The Labute approximate surface area is 133 Å². The highest BCUT2D eigenvalue weighted by molar-refractivity contribution is 8.67. The van der Waals surface area contributed by atoms with Crippen LogP contribution in [0.4, 0.5) is 0 Å². The van der Waals surface area contributed by atoms with E-state index in [0.717, 1.165) is 12.2 Å². The van der Waals surface area contributed by atoms with Crippen LogP contribution >= 0.6 is 28.7 Å². The molecular weight excluding hydrogens is 339 g/mol. The topological polar surface area (TPSA) is 53.5 Å². The fraction of sp³-hybridized carbons (Fsp3) is 0.636. The molecule has 0 fully saturated rings. The predicted molar refractivity (Wildman–Crippen MR) is 87.0 cm³/mol. The fourth-order valence-electron chi connectivity index (χ4n) is 1.24. The third-order valence-corrected chi connectivity index (χ3v) is 7.85. The van der Waals surface area contributed by atoms with Gasteiger partial charge in [-0.1, -0.05) is 18.3 Å². The summed E-state index contributed by atoms with van der Waals surface area (Å²) in [4.78, 5) is 7.99. The molecule has 1 heterocycles. The standard InChI is InChI=1S/C11H18ClN2O3PS2/c1-4-6-20-18(19,16-5-2)17-8-9-7-10(15-3)14-11(12)13-9/h7H,4-6,8H2,1-3H3/t18-/m0/s1. The zero-order valence-corrected chi connectivity index (χ0v) is 14.9. The average Bonchev–Trinajstić information content (AvgIpc) is 2.43. The molecule has 0 unspecified atom stereocenters. The molecule has 5 nitrogen and oxygen atoms in total. The number of halogens is 1. The number of methoxy groups -OCH3 is 1. The van der Waals surface area contributed by atoms with Crippen molar-refractivity contribution in [3.63, 3.8) is 0 Å². The molecule has 0 radical (unpaired) electrons. The van der Waals surface area contributed by atoms with Crippen LogP contribution in [0.3, 0.4) is 0 Å². The molecule has 1 atom stereocenters. The van der Waals surface area contributed by atoms with Gasteiger partial charge < -0.3 is 13.8 Å². The second-order valence-electron chi connectivity index (χ2n) is 3.64. The zero-order valence-electron chi connectivity index (χ0n) is 11.7. The molecule has 0 N–H and O–H groups in total. The van der Waals surface area contributed by atoms with E-state index in [9.17, 15) is 0 Å². The molecule has 1 aromatic rings. The first kappa shape index (κ1) is 18.1. The first-order valence-corrected chi connectivity index (χ1v) is 10.7. The molecule has 0 bridgehead atoms. The summed E-state index contributed by atoms with van der Waals surface area (Å²) < 4.78 is 16.4. The number of hydrogen-bond acceptors (Lipinski definition) is 7. The molecule has 0 spiro atoms. The quantitative estimate of drug-likeness (QED) is 0.488. The molecular formula is C11H18ClN2O3PS2. The number of aromatic nitrogens is 2. The average molecular weight is 357 g/mol. The molecule has 1 rings (SSSR count). The van der Waals surface area contributed by atoms with Crippen molar-refractivity contribution >= 4 is 40.5 Å². The molecule has 9 heteroatoms. The number of ether oxygens (including phenoxy) is 1. The lowest BCUT2D eigenvalue weighted by molar-refractivity contribution is 0.258. The summed E-state index contributed by atoms with van der Waals surface area (Å²) in [6.45, 7) is 4.75. The summed E-state index contributed by atoms with van der Waals surface area (Å²) >= 11 is 12.8. The molecule has 0 aliphatic rings. The normalized spacial score (nSPS) is 14.0. The Bertz CT molecular complexity index is 479. The van der Waals surface area contributed by atoms with Crippen LogP contribution in [-0.4, -0.2) is 29.4 Å². The maximum absolute atomic E-state index is 5.81. The minimum absolute atomic E-state index is 0.119. The Morgan fingerprint density at radius 3 is 2.70 bits per heavy atom. The van der Waals surface area contributed by atoms with Gasteiger partial charge in [-0.3, -0.25) is 0 Å². The SMILES string of the molecule is CCCS[P@@](=S)(OCC)OCc1cc(OC)nc(Cl)n1. The minimum Gasteiger partial charge on any atom is -0.481 e. The van der Waals surface area contributed by atoms with E-state index in [0.29, 0.717) is 18.2 Å². The van der Waals surface area contributed by atoms with Gasteiger partial charge >= 0.3 is 0 Å². The van der Waals surface area contributed by atoms with E-state index in [4.69, 9.17) is 37.2 Å². The van der Waals surface area contributed by atoms with Crippen LogP contribution in [0.2, 0.25) is 5.28 Å². The Balaban J connectivity index is 2.71. The molecule has 0 aliphatic carbocycles. The second kappa shape index (κ2) is 9.18. The smallest absolute Gasteiger partial charge is 0.247 e. The van der Waals surface area contributed by atoms with Gasteiger partial charge in [0.25, 0.3) is 0 Å². The molecule has 114 valence electrons. The molecule has 1 aromatic heterocycles. The van der Waals surface area contributed by atoms with Crippen molar-refractivity contribution in [2.75, 3.05) is 19.5 Å². The van der Waals surface area contributed by atoms with Gasteiger partial charge in [-0.2, -0.15) is 4.98 Å². The highest BCUT2D eigenvalue weighted by atomic mass is 35.5. The van der Waals surface area contributed by atoms with Crippen molar-refractivity contribution in [1.82, 2.24) is 9.97 Å². The van der Waals surface area contributed by atoms with Crippen molar-refractivity contribution in [2.24, 2.45) is 0 Å². The van der Waals surface area contributed by atoms with Gasteiger partial charge in [0.15, 0.2) is 0 Å². The zero-order chi connectivity index (χ0) is 15.0. The van der Waals surface area contributed by atoms with Crippen molar-refractivity contribution in [3.05, 3.63) is 17.0 Å². The summed E-state index contributed by atoms with van der Waals surface area (Å²) in [6.07, 6.45) is 1.02. The third kappa shape index (κ3) is 6.24. The van der Waals surface area contributed by atoms with Crippen molar-refractivity contribution < 1.29 is 13.8 Å². The van der Waals surface area contributed by atoms with Gasteiger partial charge in [-0.15, -0.1) is 0 Å². The highest BCUT2D eigenvalue weighted by Gasteiger charge is 2.19. The third-order valence-electron chi connectivity index (χ3n) is 2.05. The van der Waals surface area contributed by atoms with Crippen molar-refractivity contribution in [1.29, 1.82) is 0 Å². The van der Waals surface area contributed by atoms with Crippen LogP contribution in [-0.2, 0) is 27.5 Å². The largest absolute Gasteiger partial charge is 0.481 e. The first-order valence-electron chi connectivity index (χ1n) is 6.14. The lowest BCUT2D eigenvalue weighted by atomic mass is 10.4. The van der Waals surface area contributed by atoms with E-state index in [1.807, 2.05) is 6.92 Å². The van der Waals surface area contributed by atoms with Gasteiger partial charge in [-0.25, -0.2) is 4.98 Å². The molecule has 20 heavy (non-hydrogen) atoms. The second-order valence-corrected chi connectivity index (χ2v) is 10.4. The number of nitrogens with zero attached hydrogens (tertiary/aromatic N) is 2. The van der Waals surface area contributed by atoms with Crippen LogP contribution in [0.25, 0.3) is 0 Å². The van der Waals surface area contributed by atoms with E-state index in [-0.39, 0.29) is 11.9 Å². The van der Waals surface area contributed by atoms with E-state index in [2.05, 4.69) is 16.9 Å². The Morgan fingerprint density at radius 2 is 2.10 bits per heavy atom. The van der Waals surface area contributed by atoms with E-state index in [1.54, 1.807) is 17.4 Å². The number of hydrogen-bond donors (Lipinski definition) is 0. The maximum Gasteiger partial charge on any atom is 0.247 e. The van der Waals surface area contributed by atoms with Gasteiger partial charge in [0, 0.05) is 11.8 Å². The van der Waals surface area contributed by atoms with Gasteiger partial charge in [0.2, 0.25) is 16.9 Å². The van der Waals surface area contributed by atoms with Gasteiger partial charge in [0.05, 0.1) is 26.0 Å². The Morgan fingerprint density at radius 1 is 1.35 bits per heavy atom. The summed E-state index contributed by atoms with van der Waals surface area (Å²) in [5.74, 6) is 1.31. The monoisotopic (exact) mass is 356 g/mol. The van der Waals surface area contributed by atoms with E-state index in [1.165, 1.54) is 7.11 Å². The number of rotatable bonds is 9. The van der Waals surface area contributed by atoms with Gasteiger partial charge in [0.1, 0.15) is 0 Å². The predicted octanol–water partition coefficient (Wildman–Crippen LogP) is 4.06. The van der Waals surface area contributed by atoms with Crippen LogP contribution in [0.1, 0.15) is 26.0 Å². The molecule has 0 aromatic carbocycles. The van der Waals surface area contributed by atoms with Gasteiger partial charge in [-0.05, 0) is 36.8 Å². The summed E-state index contributed by atoms with van der Waals surface area (Å²) in [5, 5.41) is 0.119. The fourth-order valence-corrected chi connectivity index (χ4v) is 5.95. The Kier molecular flexibility index (Phi) is 8.32. The van der Waals surface area contributed by atoms with Crippen LogP contribution in [0, 0.1) is 0 Å². The molecule has 0 saturated heterocycles. The minimum atomic E-state index is -2.33. The molecule has 0 saturated carbocycles. The highest BCUT2D eigenvalue weighted by Crippen LogP contribution is 2.61. The van der Waals surface area contributed by atoms with Crippen molar-refractivity contribution in [2.45, 2.75) is 26.9 Å². The first-order chi connectivity index (χ1) is 9.53. The lowest BCUT2D eigenvalue weighted by Crippen LogP contribution is -1.99. The summed E-state index contributed by atoms with van der Waals surface area (Å²) in [5.41, 5.74) is -1.72. The van der Waals surface area contributed by atoms with E-state index >= 15 is 0 Å². The lowest BCUT2D eigenvalue weighted by Gasteiger charge is -2.20. The van der Waals surface area contributed by atoms with Crippen LogP contribution in [0.5, 0.6) is 5.88 Å². The Hall–Kier alpha value is 0.0900. The maximum atomic E-state index is 5.81. The van der Waals surface area contributed by atoms with Crippen LogP contribution in [0.15, 0.2) is 6.07 Å².